The summed E-state index contributed by atoms with van der Waals surface area (Å²) < 4.78 is 12.5. The largest absolute Gasteiger partial charge is 0.493 e. The summed E-state index contributed by atoms with van der Waals surface area (Å²) >= 11 is 0. The number of nitrogens with one attached hydrogen (secondary N) is 1. The molecular weight excluding hydrogens is 382 g/mol. The van der Waals surface area contributed by atoms with E-state index >= 15 is 0 Å². The van der Waals surface area contributed by atoms with Gasteiger partial charge in [0.25, 0.3) is 5.91 Å². The van der Waals surface area contributed by atoms with Crippen LogP contribution in [0, 0.1) is 6.92 Å². The quantitative estimate of drug-likeness (QED) is 0.697. The maximum atomic E-state index is 13.4. The first kappa shape index (κ1) is 19.8. The highest BCUT2D eigenvalue weighted by Crippen LogP contribution is 2.37. The first-order chi connectivity index (χ1) is 14.4. The summed E-state index contributed by atoms with van der Waals surface area (Å²) in [6, 6.07) is 11.2. The Morgan fingerprint density at radius 3 is 2.50 bits per heavy atom. The Hall–Kier alpha value is -3.48. The van der Waals surface area contributed by atoms with E-state index in [-0.39, 0.29) is 11.8 Å². The van der Waals surface area contributed by atoms with Gasteiger partial charge in [0.1, 0.15) is 5.69 Å². The average Bonchev–Trinajstić information content (AvgIpc) is 3.27. The zero-order valence-electron chi connectivity index (χ0n) is 17.6. The highest BCUT2D eigenvalue weighted by molar-refractivity contribution is 6.17. The molecule has 0 bridgehead atoms. The molecule has 0 radical (unpaired) electrons. The summed E-state index contributed by atoms with van der Waals surface area (Å²) in [4.78, 5) is 27.7. The van der Waals surface area contributed by atoms with E-state index in [0.717, 1.165) is 22.9 Å². The Kier molecular flexibility index (Phi) is 5.11. The summed E-state index contributed by atoms with van der Waals surface area (Å²) in [6.45, 7) is 2.62. The molecule has 30 heavy (non-hydrogen) atoms. The lowest BCUT2D eigenvalue weighted by Gasteiger charge is -2.18. The maximum absolute atomic E-state index is 13.4. The van der Waals surface area contributed by atoms with Crippen molar-refractivity contribution in [3.05, 3.63) is 47.7 Å². The van der Waals surface area contributed by atoms with E-state index in [0.29, 0.717) is 41.5 Å². The second-order valence-corrected chi connectivity index (χ2v) is 7.45. The minimum Gasteiger partial charge on any atom is -0.493 e. The lowest BCUT2D eigenvalue weighted by Crippen LogP contribution is -2.27. The van der Waals surface area contributed by atoms with E-state index in [9.17, 15) is 9.59 Å². The number of ether oxygens (including phenoxy) is 2. The molecule has 0 spiro atoms. The van der Waals surface area contributed by atoms with Gasteiger partial charge in [-0.15, -0.1) is 0 Å². The van der Waals surface area contributed by atoms with E-state index in [1.165, 1.54) is 0 Å². The zero-order chi connectivity index (χ0) is 21.4. The van der Waals surface area contributed by atoms with Crippen molar-refractivity contribution in [2.45, 2.75) is 19.8 Å². The number of carbonyl (C=O) groups excluding carboxylic acids is 2. The Labute approximate surface area is 175 Å². The first-order valence-electron chi connectivity index (χ1n) is 9.87. The van der Waals surface area contributed by atoms with Crippen LogP contribution in [0.4, 0.5) is 11.4 Å². The molecule has 4 rings (SSSR count). The molecule has 0 aliphatic carbocycles. The topological polar surface area (TPSA) is 72.8 Å². The molecule has 1 N–H and O–H groups in total. The summed E-state index contributed by atoms with van der Waals surface area (Å²) in [5, 5.41) is 3.85. The van der Waals surface area contributed by atoms with E-state index in [1.807, 2.05) is 36.7 Å². The summed E-state index contributed by atoms with van der Waals surface area (Å²) in [6.07, 6.45) is 1.29. The van der Waals surface area contributed by atoms with Gasteiger partial charge in [-0.05, 0) is 37.6 Å². The van der Waals surface area contributed by atoms with Crippen LogP contribution in [0.3, 0.4) is 0 Å². The monoisotopic (exact) mass is 407 g/mol. The molecule has 156 valence electrons. The lowest BCUT2D eigenvalue weighted by atomic mass is 10.1. The van der Waals surface area contributed by atoms with Crippen LogP contribution in [0.1, 0.15) is 28.9 Å². The molecule has 7 nitrogen and oxygen atoms in total. The van der Waals surface area contributed by atoms with Crippen LogP contribution in [0.5, 0.6) is 11.5 Å². The molecule has 1 aliphatic rings. The third kappa shape index (κ3) is 3.26. The smallest absolute Gasteiger partial charge is 0.274 e. The predicted octanol–water partition coefficient (Wildman–Crippen LogP) is 3.88. The van der Waals surface area contributed by atoms with Crippen LogP contribution in [0.15, 0.2) is 36.4 Å². The van der Waals surface area contributed by atoms with Gasteiger partial charge in [0.15, 0.2) is 11.5 Å². The molecule has 2 heterocycles. The fourth-order valence-electron chi connectivity index (χ4n) is 4.06. The molecular formula is C23H25N3O4. The average molecular weight is 407 g/mol. The van der Waals surface area contributed by atoms with Gasteiger partial charge >= 0.3 is 0 Å². The normalized spacial score (nSPS) is 13.7. The van der Waals surface area contributed by atoms with Crippen molar-refractivity contribution in [1.82, 2.24) is 4.57 Å². The molecule has 3 aromatic rings. The van der Waals surface area contributed by atoms with E-state index in [1.54, 1.807) is 37.3 Å². The second-order valence-electron chi connectivity index (χ2n) is 7.45. The van der Waals surface area contributed by atoms with Crippen LogP contribution in [0.25, 0.3) is 10.9 Å². The molecule has 2 amide bonds. The number of carbonyl (C=O) groups is 2. The van der Waals surface area contributed by atoms with Crippen molar-refractivity contribution in [3.8, 4) is 11.5 Å². The molecule has 1 saturated heterocycles. The summed E-state index contributed by atoms with van der Waals surface area (Å²) in [7, 11) is 4.96. The van der Waals surface area contributed by atoms with Crippen LogP contribution >= 0.6 is 0 Å². The molecule has 2 aromatic carbocycles. The molecule has 0 saturated carbocycles. The number of rotatable bonds is 5. The SMILES string of the molecule is COc1ccc(NC(=O)c2c(N3CCCC3=O)c3cc(C)ccc3n2C)cc1OC. The van der Waals surface area contributed by atoms with Gasteiger partial charge in [-0.25, -0.2) is 0 Å². The van der Waals surface area contributed by atoms with Gasteiger partial charge in [-0.2, -0.15) is 0 Å². The molecule has 1 aromatic heterocycles. The van der Waals surface area contributed by atoms with Crippen LogP contribution in [-0.4, -0.2) is 37.1 Å². The van der Waals surface area contributed by atoms with Crippen LogP contribution < -0.4 is 19.7 Å². The summed E-state index contributed by atoms with van der Waals surface area (Å²) in [5.41, 5.74) is 3.70. The standard InChI is InChI=1S/C23H25N3O4/c1-14-7-9-17-16(12-14)21(26-11-5-6-20(26)27)22(25(17)2)23(28)24-15-8-10-18(29-3)19(13-15)30-4/h7-10,12-13H,5-6,11H2,1-4H3,(H,24,28). The van der Waals surface area contributed by atoms with Gasteiger partial charge in [0.2, 0.25) is 5.91 Å². The van der Waals surface area contributed by atoms with Gasteiger partial charge in [0.05, 0.1) is 25.4 Å². The second kappa shape index (κ2) is 7.74. The van der Waals surface area contributed by atoms with Gasteiger partial charge < -0.3 is 24.3 Å². The minimum absolute atomic E-state index is 0.0455. The first-order valence-corrected chi connectivity index (χ1v) is 9.87. The highest BCUT2D eigenvalue weighted by atomic mass is 16.5. The van der Waals surface area contributed by atoms with Gasteiger partial charge in [0, 0.05) is 37.2 Å². The molecule has 1 fully saturated rings. The Morgan fingerprint density at radius 2 is 1.83 bits per heavy atom. The number of amides is 2. The fourth-order valence-corrected chi connectivity index (χ4v) is 4.06. The number of hydrogen-bond donors (Lipinski definition) is 1. The lowest BCUT2D eigenvalue weighted by molar-refractivity contribution is -0.117. The molecule has 0 unspecified atom stereocenters. The van der Waals surface area contributed by atoms with Crippen molar-refractivity contribution in [2.75, 3.05) is 31.0 Å². The fraction of sp³-hybridized carbons (Fsp3) is 0.304. The number of fused-ring (bicyclic) bond motifs is 1. The number of benzene rings is 2. The Balaban J connectivity index is 1.81. The summed E-state index contributed by atoms with van der Waals surface area (Å²) in [5.74, 6) is 0.870. The Morgan fingerprint density at radius 1 is 1.07 bits per heavy atom. The number of anilines is 2. The van der Waals surface area contributed by atoms with Gasteiger partial charge in [-0.3, -0.25) is 9.59 Å². The van der Waals surface area contributed by atoms with Crippen LogP contribution in [-0.2, 0) is 11.8 Å². The number of methoxy groups -OCH3 is 2. The van der Waals surface area contributed by atoms with Gasteiger partial charge in [-0.1, -0.05) is 11.6 Å². The highest BCUT2D eigenvalue weighted by Gasteiger charge is 2.31. The molecule has 1 aliphatic heterocycles. The van der Waals surface area contributed by atoms with Crippen molar-refractivity contribution >= 4 is 34.1 Å². The third-order valence-corrected chi connectivity index (χ3v) is 5.53. The van der Waals surface area contributed by atoms with E-state index < -0.39 is 0 Å². The van der Waals surface area contributed by atoms with E-state index in [2.05, 4.69) is 5.32 Å². The number of aryl methyl sites for hydroxylation is 2. The van der Waals surface area contributed by atoms with Crippen LogP contribution in [0.2, 0.25) is 0 Å². The zero-order valence-corrected chi connectivity index (χ0v) is 17.6. The molecule has 7 heteroatoms. The maximum Gasteiger partial charge on any atom is 0.274 e. The minimum atomic E-state index is -0.284. The van der Waals surface area contributed by atoms with Crippen molar-refractivity contribution in [3.63, 3.8) is 0 Å². The van der Waals surface area contributed by atoms with Crippen molar-refractivity contribution in [1.29, 1.82) is 0 Å². The van der Waals surface area contributed by atoms with Crippen molar-refractivity contribution < 1.29 is 19.1 Å². The third-order valence-electron chi connectivity index (χ3n) is 5.53. The van der Waals surface area contributed by atoms with E-state index in [4.69, 9.17) is 9.47 Å². The Bertz CT molecular complexity index is 1150. The van der Waals surface area contributed by atoms with Crippen molar-refractivity contribution in [2.24, 2.45) is 7.05 Å². The number of aromatic nitrogens is 1. The molecule has 0 atom stereocenters. The number of hydrogen-bond acceptors (Lipinski definition) is 4. The predicted molar refractivity (Wildman–Crippen MR) is 117 cm³/mol. The number of nitrogens with zero attached hydrogens (tertiary/aromatic N) is 2.